The number of benzene rings is 1. The maximum absolute atomic E-state index is 9.43. The Kier molecular flexibility index (Phi) is 4.36. The summed E-state index contributed by atoms with van der Waals surface area (Å²) in [7, 11) is 0. The van der Waals surface area contributed by atoms with Crippen molar-refractivity contribution >= 4 is 11.6 Å². The van der Waals surface area contributed by atoms with Crippen LogP contribution >= 0.6 is 11.6 Å². The molecule has 76 valence electrons. The molecule has 0 saturated carbocycles. The van der Waals surface area contributed by atoms with Crippen molar-refractivity contribution in [2.24, 2.45) is 5.11 Å². The standard InChI is InChI=1S/C10H8ClN3O/c11-9-5-4-8(10(15)7-9)3-1-2-6-13-14-12/h4-5,7,15H,2,6H2. The highest BCUT2D eigenvalue weighted by Crippen LogP contribution is 2.20. The van der Waals surface area contributed by atoms with Crippen LogP contribution in [0.5, 0.6) is 5.75 Å². The second-order valence-corrected chi connectivity index (χ2v) is 3.10. The van der Waals surface area contributed by atoms with Crippen molar-refractivity contribution in [1.82, 2.24) is 0 Å². The van der Waals surface area contributed by atoms with Gasteiger partial charge in [0.05, 0.1) is 5.56 Å². The molecule has 0 atom stereocenters. The van der Waals surface area contributed by atoms with Crippen molar-refractivity contribution in [2.75, 3.05) is 6.54 Å². The van der Waals surface area contributed by atoms with E-state index in [0.717, 1.165) is 0 Å². The quantitative estimate of drug-likeness (QED) is 0.269. The molecule has 15 heavy (non-hydrogen) atoms. The highest BCUT2D eigenvalue weighted by atomic mass is 35.5. The van der Waals surface area contributed by atoms with E-state index in [0.29, 0.717) is 23.6 Å². The van der Waals surface area contributed by atoms with Crippen molar-refractivity contribution in [3.05, 3.63) is 39.2 Å². The van der Waals surface area contributed by atoms with E-state index in [9.17, 15) is 5.11 Å². The highest BCUT2D eigenvalue weighted by molar-refractivity contribution is 6.30. The Hall–Kier alpha value is -1.82. The predicted octanol–water partition coefficient (Wildman–Crippen LogP) is 3.10. The summed E-state index contributed by atoms with van der Waals surface area (Å²) in [5.41, 5.74) is 8.53. The molecule has 5 heteroatoms. The van der Waals surface area contributed by atoms with E-state index in [1.807, 2.05) is 0 Å². The van der Waals surface area contributed by atoms with Gasteiger partial charge in [0.15, 0.2) is 0 Å². The molecule has 1 aromatic rings. The molecule has 1 aromatic carbocycles. The Balaban J connectivity index is 2.67. The van der Waals surface area contributed by atoms with Crippen molar-refractivity contribution in [1.29, 1.82) is 0 Å². The largest absolute Gasteiger partial charge is 0.507 e. The fraction of sp³-hybridized carbons (Fsp3) is 0.200. The Morgan fingerprint density at radius 2 is 2.33 bits per heavy atom. The molecule has 0 fully saturated rings. The molecule has 0 heterocycles. The van der Waals surface area contributed by atoms with Crippen LogP contribution in [-0.4, -0.2) is 11.7 Å². The van der Waals surface area contributed by atoms with Crippen LogP contribution in [0.3, 0.4) is 0 Å². The topological polar surface area (TPSA) is 69.0 Å². The normalized spacial score (nSPS) is 8.60. The van der Waals surface area contributed by atoms with Crippen LogP contribution in [0.4, 0.5) is 0 Å². The second-order valence-electron chi connectivity index (χ2n) is 2.67. The van der Waals surface area contributed by atoms with Crippen LogP contribution < -0.4 is 0 Å². The SMILES string of the molecule is [N-]=[N+]=NCCC#Cc1ccc(Cl)cc1O. The molecular formula is C10H8ClN3O. The Bertz CT molecular complexity index is 455. The summed E-state index contributed by atoms with van der Waals surface area (Å²) in [5.74, 6) is 5.59. The highest BCUT2D eigenvalue weighted by Gasteiger charge is 1.97. The predicted molar refractivity (Wildman–Crippen MR) is 58.6 cm³/mol. The van der Waals surface area contributed by atoms with Crippen LogP contribution in [0.15, 0.2) is 23.3 Å². The lowest BCUT2D eigenvalue weighted by Gasteiger charge is -1.96. The number of nitrogens with zero attached hydrogens (tertiary/aromatic N) is 3. The zero-order chi connectivity index (χ0) is 11.1. The lowest BCUT2D eigenvalue weighted by Crippen LogP contribution is -1.78. The molecule has 4 nitrogen and oxygen atoms in total. The van der Waals surface area contributed by atoms with E-state index in [-0.39, 0.29) is 5.75 Å². The molecule has 0 radical (unpaired) electrons. The van der Waals surface area contributed by atoms with Crippen LogP contribution in [0, 0.1) is 11.8 Å². The first kappa shape index (κ1) is 11.3. The third kappa shape index (κ3) is 3.82. The van der Waals surface area contributed by atoms with E-state index in [1.165, 1.54) is 6.07 Å². The van der Waals surface area contributed by atoms with Gasteiger partial charge in [0.2, 0.25) is 0 Å². The van der Waals surface area contributed by atoms with Gasteiger partial charge in [-0.15, -0.1) is 0 Å². The monoisotopic (exact) mass is 221 g/mol. The lowest BCUT2D eigenvalue weighted by molar-refractivity contribution is 0.474. The number of hydrogen-bond acceptors (Lipinski definition) is 2. The van der Waals surface area contributed by atoms with E-state index in [1.54, 1.807) is 12.1 Å². The summed E-state index contributed by atoms with van der Waals surface area (Å²) in [4.78, 5) is 2.60. The number of phenolic OH excluding ortho intramolecular Hbond substituents is 1. The first-order valence-electron chi connectivity index (χ1n) is 4.22. The molecule has 0 aliphatic heterocycles. The first-order chi connectivity index (χ1) is 7.24. The van der Waals surface area contributed by atoms with E-state index < -0.39 is 0 Å². The van der Waals surface area contributed by atoms with Gasteiger partial charge in [0.1, 0.15) is 5.75 Å². The second kappa shape index (κ2) is 5.82. The number of halogens is 1. The molecule has 0 aliphatic carbocycles. The van der Waals surface area contributed by atoms with Gasteiger partial charge in [-0.1, -0.05) is 28.6 Å². The first-order valence-corrected chi connectivity index (χ1v) is 4.60. The van der Waals surface area contributed by atoms with Crippen molar-refractivity contribution in [2.45, 2.75) is 6.42 Å². The van der Waals surface area contributed by atoms with Gasteiger partial charge in [-0.2, -0.15) is 0 Å². The maximum Gasteiger partial charge on any atom is 0.132 e. The third-order valence-electron chi connectivity index (χ3n) is 1.58. The fourth-order valence-electron chi connectivity index (χ4n) is 0.919. The van der Waals surface area contributed by atoms with Gasteiger partial charge in [-0.3, -0.25) is 0 Å². The van der Waals surface area contributed by atoms with Gasteiger partial charge in [0, 0.05) is 22.9 Å². The van der Waals surface area contributed by atoms with Crippen LogP contribution in [0.1, 0.15) is 12.0 Å². The summed E-state index contributed by atoms with van der Waals surface area (Å²) in [6, 6.07) is 4.72. The van der Waals surface area contributed by atoms with Crippen LogP contribution in [-0.2, 0) is 0 Å². The van der Waals surface area contributed by atoms with Crippen molar-refractivity contribution < 1.29 is 5.11 Å². The molecular weight excluding hydrogens is 214 g/mol. The van der Waals surface area contributed by atoms with Gasteiger partial charge in [0.25, 0.3) is 0 Å². The minimum atomic E-state index is 0.0544. The van der Waals surface area contributed by atoms with Crippen LogP contribution in [0.2, 0.25) is 5.02 Å². The number of phenols is 1. The average molecular weight is 222 g/mol. The third-order valence-corrected chi connectivity index (χ3v) is 1.82. The summed E-state index contributed by atoms with van der Waals surface area (Å²) >= 11 is 5.66. The lowest BCUT2D eigenvalue weighted by atomic mass is 10.2. The van der Waals surface area contributed by atoms with E-state index >= 15 is 0 Å². The van der Waals surface area contributed by atoms with Gasteiger partial charge in [-0.25, -0.2) is 0 Å². The molecule has 0 bridgehead atoms. The summed E-state index contributed by atoms with van der Waals surface area (Å²) in [6.07, 6.45) is 0.464. The van der Waals surface area contributed by atoms with Crippen LogP contribution in [0.25, 0.3) is 10.4 Å². The summed E-state index contributed by atoms with van der Waals surface area (Å²) in [5, 5.41) is 13.2. The number of azide groups is 1. The minimum Gasteiger partial charge on any atom is -0.507 e. The number of hydrogen-bond donors (Lipinski definition) is 1. The molecule has 0 aliphatic rings. The summed E-state index contributed by atoms with van der Waals surface area (Å²) in [6.45, 7) is 0.331. The molecule has 0 aromatic heterocycles. The molecule has 0 spiro atoms. The van der Waals surface area contributed by atoms with E-state index in [2.05, 4.69) is 21.9 Å². The molecule has 0 saturated heterocycles. The van der Waals surface area contributed by atoms with Gasteiger partial charge < -0.3 is 5.11 Å². The summed E-state index contributed by atoms with van der Waals surface area (Å²) < 4.78 is 0. The van der Waals surface area contributed by atoms with Gasteiger partial charge >= 0.3 is 0 Å². The van der Waals surface area contributed by atoms with Gasteiger partial charge in [-0.05, 0) is 23.7 Å². The minimum absolute atomic E-state index is 0.0544. The zero-order valence-electron chi connectivity index (χ0n) is 7.81. The molecule has 1 rings (SSSR count). The van der Waals surface area contributed by atoms with Crippen molar-refractivity contribution in [3.8, 4) is 17.6 Å². The Morgan fingerprint density at radius 3 is 3.00 bits per heavy atom. The van der Waals surface area contributed by atoms with Crippen molar-refractivity contribution in [3.63, 3.8) is 0 Å². The number of rotatable bonds is 2. The Labute approximate surface area is 92.1 Å². The fourth-order valence-corrected chi connectivity index (χ4v) is 1.09. The average Bonchev–Trinajstić information content (AvgIpc) is 2.20. The number of aromatic hydroxyl groups is 1. The Morgan fingerprint density at radius 1 is 1.53 bits per heavy atom. The zero-order valence-corrected chi connectivity index (χ0v) is 8.57. The maximum atomic E-state index is 9.43. The van der Waals surface area contributed by atoms with E-state index in [4.69, 9.17) is 17.1 Å². The molecule has 1 N–H and O–H groups in total. The smallest absolute Gasteiger partial charge is 0.132 e. The molecule has 0 unspecified atom stereocenters. The molecule has 0 amide bonds.